The second kappa shape index (κ2) is 17.5. The van der Waals surface area contributed by atoms with E-state index in [0.29, 0.717) is 10.8 Å². The number of hydrogen-bond donors (Lipinski definition) is 2. The van der Waals surface area contributed by atoms with Crippen molar-refractivity contribution in [3.63, 3.8) is 0 Å². The number of anilines is 1. The normalized spacial score (nSPS) is 15.0. The summed E-state index contributed by atoms with van der Waals surface area (Å²) in [6.45, 7) is 11.8. The lowest BCUT2D eigenvalue weighted by Crippen LogP contribution is -2.36. The fourth-order valence-electron chi connectivity index (χ4n) is 3.85. The van der Waals surface area contributed by atoms with Crippen LogP contribution in [-0.2, 0) is 0 Å². The van der Waals surface area contributed by atoms with Crippen molar-refractivity contribution in [3.05, 3.63) is 24.3 Å². The van der Waals surface area contributed by atoms with Crippen molar-refractivity contribution in [2.24, 2.45) is 23.5 Å². The number of nitrogens with one attached hydrogen (secondary N) is 1. The highest BCUT2D eigenvalue weighted by atomic mass is 32.2. The zero-order chi connectivity index (χ0) is 23.8. The molecule has 0 saturated carbocycles. The molecule has 1 aromatic rings. The highest BCUT2D eigenvalue weighted by Gasteiger charge is 2.13. The Morgan fingerprint density at radius 1 is 1.09 bits per heavy atom. The van der Waals surface area contributed by atoms with Crippen LogP contribution < -0.4 is 11.1 Å². The van der Waals surface area contributed by atoms with Crippen molar-refractivity contribution in [1.29, 1.82) is 0 Å². The minimum Gasteiger partial charge on any atom is -0.449 e. The fraction of sp³-hybridized carbons (Fsp3) is 0.769. The molecule has 0 saturated heterocycles. The maximum atomic E-state index is 5.85. The van der Waals surface area contributed by atoms with Gasteiger partial charge in [-0.25, -0.2) is 0 Å². The topological polar surface area (TPSA) is 64.1 Å². The summed E-state index contributed by atoms with van der Waals surface area (Å²) in [5.74, 6) is 5.05. The number of thiocarbonyl (C=S) groups is 1. The van der Waals surface area contributed by atoms with Gasteiger partial charge in [-0.3, -0.25) is 0 Å². The van der Waals surface area contributed by atoms with E-state index in [1.54, 1.807) is 6.26 Å². The van der Waals surface area contributed by atoms with Crippen molar-refractivity contribution in [1.82, 2.24) is 4.98 Å². The molecule has 0 aliphatic carbocycles. The van der Waals surface area contributed by atoms with Crippen molar-refractivity contribution in [2.45, 2.75) is 98.4 Å². The van der Waals surface area contributed by atoms with Gasteiger partial charge < -0.3 is 15.5 Å². The average Bonchev–Trinajstić information content (AvgIpc) is 3.23. The summed E-state index contributed by atoms with van der Waals surface area (Å²) in [5.41, 5.74) is 7.34. The first kappa shape index (κ1) is 29.0. The lowest BCUT2D eigenvalue weighted by molar-refractivity contribution is 0.389. The molecule has 0 aliphatic rings. The van der Waals surface area contributed by atoms with Crippen LogP contribution in [0.15, 0.2) is 28.7 Å². The summed E-state index contributed by atoms with van der Waals surface area (Å²) >= 11 is 7.01. The molecular formula is C26H47N3OS2. The molecule has 0 fully saturated rings. The van der Waals surface area contributed by atoms with E-state index in [1.807, 2.05) is 11.8 Å². The van der Waals surface area contributed by atoms with Crippen LogP contribution in [0.25, 0.3) is 0 Å². The van der Waals surface area contributed by atoms with E-state index < -0.39 is 0 Å². The van der Waals surface area contributed by atoms with E-state index in [9.17, 15) is 0 Å². The van der Waals surface area contributed by atoms with Gasteiger partial charge >= 0.3 is 0 Å². The molecule has 0 radical (unpaired) electrons. The van der Waals surface area contributed by atoms with Crippen molar-refractivity contribution in [3.8, 4) is 0 Å². The number of aromatic nitrogens is 1. The van der Waals surface area contributed by atoms with Crippen LogP contribution in [0.3, 0.4) is 0 Å². The third-order valence-electron chi connectivity index (χ3n) is 6.07. The van der Waals surface area contributed by atoms with Gasteiger partial charge in [-0.15, -0.1) is 0 Å². The van der Waals surface area contributed by atoms with Crippen LogP contribution in [0.5, 0.6) is 0 Å². The number of nitrogens with two attached hydrogens (primary N) is 1. The number of allylic oxidation sites excluding steroid dienone is 1. The summed E-state index contributed by atoms with van der Waals surface area (Å²) in [4.78, 5) is 4.53. The van der Waals surface area contributed by atoms with Gasteiger partial charge in [0.2, 0.25) is 0 Å². The van der Waals surface area contributed by atoms with E-state index in [1.165, 1.54) is 69.8 Å². The van der Waals surface area contributed by atoms with Crippen LogP contribution in [0.1, 0.15) is 92.4 Å². The Bertz CT molecular complexity index is 631. The van der Waals surface area contributed by atoms with Gasteiger partial charge in [0.15, 0.2) is 12.2 Å². The monoisotopic (exact) mass is 481 g/mol. The molecule has 4 nitrogen and oxygen atoms in total. The maximum absolute atomic E-state index is 5.85. The molecule has 3 unspecified atom stereocenters. The largest absolute Gasteiger partial charge is 0.449 e. The van der Waals surface area contributed by atoms with Crippen molar-refractivity contribution < 1.29 is 4.42 Å². The van der Waals surface area contributed by atoms with Gasteiger partial charge in [0, 0.05) is 11.5 Å². The van der Waals surface area contributed by atoms with Crippen LogP contribution >= 0.6 is 24.0 Å². The highest BCUT2D eigenvalue weighted by Crippen LogP contribution is 2.22. The van der Waals surface area contributed by atoms with Gasteiger partial charge in [-0.1, -0.05) is 96.5 Å². The third-order valence-corrected chi connectivity index (χ3v) is 7.33. The molecule has 1 aromatic heterocycles. The summed E-state index contributed by atoms with van der Waals surface area (Å²) in [6.07, 6.45) is 17.5. The fourth-order valence-corrected chi connectivity index (χ4v) is 5.14. The molecule has 3 atom stereocenters. The lowest BCUT2D eigenvalue weighted by Gasteiger charge is -2.16. The van der Waals surface area contributed by atoms with Crippen LogP contribution in [0.2, 0.25) is 0 Å². The van der Waals surface area contributed by atoms with E-state index in [0.717, 1.165) is 29.3 Å². The Labute approximate surface area is 207 Å². The van der Waals surface area contributed by atoms with Crippen molar-refractivity contribution in [2.75, 3.05) is 16.8 Å². The number of rotatable bonds is 19. The molecule has 0 amide bonds. The Morgan fingerprint density at radius 2 is 1.72 bits per heavy atom. The van der Waals surface area contributed by atoms with E-state index in [-0.39, 0.29) is 6.04 Å². The second-order valence-electron chi connectivity index (χ2n) is 9.92. The number of oxazole rings is 1. The first-order valence-corrected chi connectivity index (χ1v) is 14.0. The molecular weight excluding hydrogens is 434 g/mol. The van der Waals surface area contributed by atoms with Gasteiger partial charge in [0.1, 0.15) is 6.26 Å². The first-order chi connectivity index (χ1) is 15.3. The number of hydrogen-bond acceptors (Lipinski definition) is 5. The summed E-state index contributed by atoms with van der Waals surface area (Å²) in [7, 11) is 0. The van der Waals surface area contributed by atoms with Crippen LogP contribution in [0.4, 0.5) is 5.82 Å². The molecule has 0 aromatic carbocycles. The standard InChI is InChI=1S/C26H47N3OS2/c1-20(2)9-6-10-21(3)11-7-12-22(4)13-8-14-23(5)15-16-32-18-24(26(27)31)29-25-17-30-19-28-25/h15,17,19-22,24,29H,6-14,16,18H2,1-5H3,(H2,27,31). The predicted octanol–water partition coefficient (Wildman–Crippen LogP) is 7.86. The molecule has 32 heavy (non-hydrogen) atoms. The Morgan fingerprint density at radius 3 is 2.28 bits per heavy atom. The maximum Gasteiger partial charge on any atom is 0.182 e. The van der Waals surface area contributed by atoms with Gasteiger partial charge in [-0.2, -0.15) is 16.7 Å². The van der Waals surface area contributed by atoms with Gasteiger partial charge in [0.05, 0.1) is 11.0 Å². The predicted molar refractivity (Wildman–Crippen MR) is 147 cm³/mol. The van der Waals surface area contributed by atoms with Crippen molar-refractivity contribution >= 4 is 34.8 Å². The molecule has 0 aliphatic heterocycles. The molecule has 0 bridgehead atoms. The summed E-state index contributed by atoms with van der Waals surface area (Å²) in [5, 5.41) is 3.22. The quantitative estimate of drug-likeness (QED) is 0.119. The molecule has 0 spiro atoms. The third kappa shape index (κ3) is 14.9. The highest BCUT2D eigenvalue weighted by molar-refractivity contribution is 7.99. The molecule has 3 N–H and O–H groups in total. The van der Waals surface area contributed by atoms with Crippen LogP contribution in [0, 0.1) is 17.8 Å². The molecule has 1 rings (SSSR count). The Hall–Kier alpha value is -1.01. The zero-order valence-electron chi connectivity index (χ0n) is 21.1. The zero-order valence-corrected chi connectivity index (χ0v) is 22.7. The average molecular weight is 482 g/mol. The smallest absolute Gasteiger partial charge is 0.182 e. The number of thioether (sulfide) groups is 1. The second-order valence-corrected chi connectivity index (χ2v) is 11.5. The first-order valence-electron chi connectivity index (χ1n) is 12.4. The van der Waals surface area contributed by atoms with E-state index in [4.69, 9.17) is 22.4 Å². The molecule has 1 heterocycles. The van der Waals surface area contributed by atoms with Crippen LogP contribution in [-0.4, -0.2) is 27.5 Å². The summed E-state index contributed by atoms with van der Waals surface area (Å²) < 4.78 is 4.99. The summed E-state index contributed by atoms with van der Waals surface area (Å²) in [6, 6.07) is -0.0763. The van der Waals surface area contributed by atoms with E-state index in [2.05, 4.69) is 51.0 Å². The number of nitrogens with zero attached hydrogens (tertiary/aromatic N) is 1. The van der Waals surface area contributed by atoms with E-state index >= 15 is 0 Å². The van der Waals surface area contributed by atoms with Gasteiger partial charge in [-0.05, 0) is 37.5 Å². The Kier molecular flexibility index (Phi) is 15.8. The molecule has 184 valence electrons. The Balaban J connectivity index is 2.10. The van der Waals surface area contributed by atoms with Gasteiger partial charge in [0.25, 0.3) is 0 Å². The minimum atomic E-state index is -0.0763. The minimum absolute atomic E-state index is 0.0763. The lowest BCUT2D eigenvalue weighted by atomic mass is 9.91. The molecule has 6 heteroatoms. The SMILES string of the molecule is CC(=CCSCC(Nc1cocn1)C(N)=S)CCCC(C)CCCC(C)CCCC(C)C.